The minimum atomic E-state index is -0.643. The van der Waals surface area contributed by atoms with Gasteiger partial charge in [-0.25, -0.2) is 0 Å². The van der Waals surface area contributed by atoms with Crippen LogP contribution in [0.25, 0.3) is 0 Å². The summed E-state index contributed by atoms with van der Waals surface area (Å²) in [4.78, 5) is 38.6. The van der Waals surface area contributed by atoms with Gasteiger partial charge in [-0.3, -0.25) is 19.7 Å². The number of nitro benzene ring substituents is 1. The van der Waals surface area contributed by atoms with Gasteiger partial charge in [0.05, 0.1) is 11.0 Å². The van der Waals surface area contributed by atoms with Crippen LogP contribution in [0.2, 0.25) is 0 Å². The molecule has 0 aromatic heterocycles. The number of carbonyl (C=O) groups excluding carboxylic acids is 2. The number of hydrogen-bond donors (Lipinski definition) is 2. The van der Waals surface area contributed by atoms with Crippen LogP contribution in [0.1, 0.15) is 31.0 Å². The molecule has 9 heteroatoms. The number of nitro groups is 1. The first kappa shape index (κ1) is 21.5. The summed E-state index contributed by atoms with van der Waals surface area (Å²) in [5.74, 6) is -1.02. The highest BCUT2D eigenvalue weighted by Crippen LogP contribution is 2.16. The first-order chi connectivity index (χ1) is 13.9. The van der Waals surface area contributed by atoms with Crippen molar-refractivity contribution in [2.75, 3.05) is 11.9 Å². The zero-order valence-electron chi connectivity index (χ0n) is 16.1. The lowest BCUT2D eigenvalue weighted by molar-refractivity contribution is -0.384. The Bertz CT molecular complexity index is 896. The molecule has 0 fully saturated rings. The van der Waals surface area contributed by atoms with E-state index in [-0.39, 0.29) is 29.9 Å². The second-order valence-corrected chi connectivity index (χ2v) is 6.19. The van der Waals surface area contributed by atoms with Crippen molar-refractivity contribution in [2.24, 2.45) is 5.16 Å². The van der Waals surface area contributed by atoms with Gasteiger partial charge in [-0.05, 0) is 30.5 Å². The van der Waals surface area contributed by atoms with Crippen LogP contribution in [-0.4, -0.2) is 29.6 Å². The number of aryl methyl sites for hydroxylation is 1. The highest BCUT2D eigenvalue weighted by atomic mass is 16.6. The Morgan fingerprint density at radius 3 is 2.62 bits per heavy atom. The first-order valence-electron chi connectivity index (χ1n) is 8.98. The Morgan fingerprint density at radius 2 is 1.97 bits per heavy atom. The van der Waals surface area contributed by atoms with Crippen molar-refractivity contribution < 1.29 is 19.3 Å². The molecule has 152 valence electrons. The van der Waals surface area contributed by atoms with Crippen molar-refractivity contribution in [2.45, 2.75) is 26.3 Å². The smallest absolute Gasteiger partial charge is 0.271 e. The van der Waals surface area contributed by atoms with Crippen LogP contribution in [0, 0.1) is 10.1 Å². The van der Waals surface area contributed by atoms with Crippen LogP contribution < -0.4 is 10.6 Å². The molecule has 0 radical (unpaired) electrons. The van der Waals surface area contributed by atoms with Crippen molar-refractivity contribution in [1.29, 1.82) is 0 Å². The summed E-state index contributed by atoms with van der Waals surface area (Å²) in [5, 5.41) is 19.3. The van der Waals surface area contributed by atoms with E-state index in [4.69, 9.17) is 4.84 Å². The zero-order chi connectivity index (χ0) is 21.2. The Kier molecular flexibility index (Phi) is 7.84. The molecule has 2 aromatic carbocycles. The Morgan fingerprint density at radius 1 is 1.24 bits per heavy atom. The Balaban J connectivity index is 1.75. The summed E-state index contributed by atoms with van der Waals surface area (Å²) < 4.78 is 0. The number of benzene rings is 2. The molecule has 29 heavy (non-hydrogen) atoms. The van der Waals surface area contributed by atoms with E-state index >= 15 is 0 Å². The quantitative estimate of drug-likeness (QED) is 0.382. The van der Waals surface area contributed by atoms with E-state index in [2.05, 4.69) is 22.7 Å². The molecular weight excluding hydrogens is 376 g/mol. The Labute approximate surface area is 167 Å². The van der Waals surface area contributed by atoms with Gasteiger partial charge in [0.15, 0.2) is 6.61 Å². The van der Waals surface area contributed by atoms with E-state index in [9.17, 15) is 19.7 Å². The van der Waals surface area contributed by atoms with Crippen molar-refractivity contribution in [3.63, 3.8) is 0 Å². The summed E-state index contributed by atoms with van der Waals surface area (Å²) in [5.41, 5.74) is 2.28. The summed E-state index contributed by atoms with van der Waals surface area (Å²) in [6, 6.07) is 13.2. The topological polar surface area (TPSA) is 123 Å². The first-order valence-corrected chi connectivity index (χ1v) is 8.98. The average molecular weight is 398 g/mol. The van der Waals surface area contributed by atoms with Gasteiger partial charge in [0.25, 0.3) is 17.5 Å². The fourth-order valence-corrected chi connectivity index (χ4v) is 2.46. The fourth-order valence-electron chi connectivity index (χ4n) is 2.46. The maximum absolute atomic E-state index is 11.9. The van der Waals surface area contributed by atoms with Crippen molar-refractivity contribution >= 4 is 29.4 Å². The number of anilines is 1. The molecule has 1 atom stereocenters. The van der Waals surface area contributed by atoms with E-state index in [1.165, 1.54) is 29.8 Å². The number of nitrogens with zero attached hydrogens (tertiary/aromatic N) is 2. The van der Waals surface area contributed by atoms with E-state index in [1.54, 1.807) is 0 Å². The third-order valence-corrected chi connectivity index (χ3v) is 4.03. The molecular formula is C20H22N4O5. The predicted molar refractivity (Wildman–Crippen MR) is 109 cm³/mol. The molecule has 2 rings (SSSR count). The number of carbonyl (C=O) groups is 2. The summed E-state index contributed by atoms with van der Waals surface area (Å²) in [7, 11) is 0. The summed E-state index contributed by atoms with van der Waals surface area (Å²) in [6.45, 7) is 3.58. The molecule has 2 N–H and O–H groups in total. The minimum Gasteiger partial charge on any atom is -0.386 e. The number of hydrogen-bond acceptors (Lipinski definition) is 6. The van der Waals surface area contributed by atoms with E-state index in [0.29, 0.717) is 0 Å². The van der Waals surface area contributed by atoms with Gasteiger partial charge < -0.3 is 15.5 Å². The van der Waals surface area contributed by atoms with Crippen molar-refractivity contribution in [3.05, 3.63) is 69.8 Å². The van der Waals surface area contributed by atoms with Gasteiger partial charge in [-0.1, -0.05) is 42.4 Å². The lowest BCUT2D eigenvalue weighted by atomic mass is 10.1. The molecule has 0 spiro atoms. The van der Waals surface area contributed by atoms with E-state index in [0.717, 1.165) is 18.2 Å². The fraction of sp³-hybridized carbons (Fsp3) is 0.250. The molecule has 2 amide bonds. The van der Waals surface area contributed by atoms with Gasteiger partial charge in [0.1, 0.15) is 6.21 Å². The molecule has 0 saturated carbocycles. The van der Waals surface area contributed by atoms with Crippen molar-refractivity contribution in [3.8, 4) is 0 Å². The molecule has 0 bridgehead atoms. The van der Waals surface area contributed by atoms with Crippen LogP contribution in [-0.2, 0) is 20.8 Å². The second-order valence-electron chi connectivity index (χ2n) is 6.19. The Hall–Kier alpha value is -3.75. The lowest BCUT2D eigenvalue weighted by Gasteiger charge is -2.14. The van der Waals surface area contributed by atoms with Crippen molar-refractivity contribution in [1.82, 2.24) is 5.32 Å². The number of nitrogens with one attached hydrogen (secondary N) is 2. The van der Waals surface area contributed by atoms with Gasteiger partial charge >= 0.3 is 0 Å². The molecule has 0 heterocycles. The van der Waals surface area contributed by atoms with E-state index in [1.807, 2.05) is 31.2 Å². The number of non-ortho nitro benzene ring substituents is 1. The summed E-state index contributed by atoms with van der Waals surface area (Å²) >= 11 is 0. The van der Waals surface area contributed by atoms with Gasteiger partial charge in [-0.2, -0.15) is 0 Å². The van der Waals surface area contributed by atoms with Crippen LogP contribution >= 0.6 is 0 Å². The average Bonchev–Trinajstić information content (AvgIpc) is 2.71. The normalized spacial score (nSPS) is 11.7. The third kappa shape index (κ3) is 7.06. The van der Waals surface area contributed by atoms with E-state index < -0.39 is 10.8 Å². The summed E-state index contributed by atoms with van der Waals surface area (Å²) in [6.07, 6.45) is 1.79. The number of amides is 2. The maximum atomic E-state index is 11.9. The minimum absolute atomic E-state index is 0.147. The number of rotatable bonds is 9. The van der Waals surface area contributed by atoms with Crippen LogP contribution in [0.5, 0.6) is 0 Å². The standard InChI is InChI=1S/C20H22N4O5/c1-3-15-7-9-16(10-8-15)14(2)22-20(26)13-29-21-12-19(25)23-17-5-4-6-18(11-17)24(27)28/h4-12,14H,3,13H2,1-2H3,(H,22,26)(H,23,25)/b21-12-/t14-/m1/s1. The molecule has 2 aromatic rings. The van der Waals surface area contributed by atoms with Gasteiger partial charge in [0.2, 0.25) is 0 Å². The van der Waals surface area contributed by atoms with Gasteiger partial charge in [0, 0.05) is 17.8 Å². The SMILES string of the molecule is CCc1ccc([C@@H](C)NC(=O)CO/N=C\C(=O)Nc2cccc([N+](=O)[O-])c2)cc1. The zero-order valence-corrected chi connectivity index (χ0v) is 16.1. The molecule has 0 aliphatic heterocycles. The predicted octanol–water partition coefficient (Wildman–Crippen LogP) is 2.98. The van der Waals surface area contributed by atoms with Crippen LogP contribution in [0.4, 0.5) is 11.4 Å². The highest BCUT2D eigenvalue weighted by Gasteiger charge is 2.10. The third-order valence-electron chi connectivity index (χ3n) is 4.03. The molecule has 0 saturated heterocycles. The monoisotopic (exact) mass is 398 g/mol. The molecule has 0 aliphatic carbocycles. The highest BCUT2D eigenvalue weighted by molar-refractivity contribution is 6.31. The van der Waals surface area contributed by atoms with Crippen LogP contribution in [0.3, 0.4) is 0 Å². The molecule has 0 unspecified atom stereocenters. The number of oxime groups is 1. The molecule has 0 aliphatic rings. The molecule has 9 nitrogen and oxygen atoms in total. The van der Waals surface area contributed by atoms with Crippen LogP contribution in [0.15, 0.2) is 53.7 Å². The second kappa shape index (κ2) is 10.5. The lowest BCUT2D eigenvalue weighted by Crippen LogP contribution is -2.29. The largest absolute Gasteiger partial charge is 0.386 e. The maximum Gasteiger partial charge on any atom is 0.271 e. The van der Waals surface area contributed by atoms with Gasteiger partial charge in [-0.15, -0.1) is 0 Å².